The normalized spacial score (nSPS) is 14.6. The molecule has 0 amide bonds. The van der Waals surface area contributed by atoms with Crippen molar-refractivity contribution in [2.75, 3.05) is 0 Å². The zero-order valence-corrected chi connectivity index (χ0v) is 25.2. The van der Waals surface area contributed by atoms with Gasteiger partial charge in [-0.1, -0.05) is 119 Å². The van der Waals surface area contributed by atoms with Crippen LogP contribution in [0.15, 0.2) is 36.4 Å². The van der Waals surface area contributed by atoms with Crippen molar-refractivity contribution in [2.24, 2.45) is 0 Å². The molecule has 0 aliphatic carbocycles. The second-order valence-corrected chi connectivity index (χ2v) is 15.8. The van der Waals surface area contributed by atoms with Gasteiger partial charge in [0.25, 0.3) is 0 Å². The Balaban J connectivity index is 2.87. The Bertz CT molecular complexity index is 892. The van der Waals surface area contributed by atoms with E-state index >= 15 is 0 Å². The first-order valence-electron chi connectivity index (χ1n) is 11.8. The first-order chi connectivity index (χ1) is 14.7. The number of benzene rings is 2. The van der Waals surface area contributed by atoms with Gasteiger partial charge in [-0.15, -0.1) is 0 Å². The summed E-state index contributed by atoms with van der Waals surface area (Å²) < 4.78 is 6.28. The molecule has 2 nitrogen and oxygen atoms in total. The van der Waals surface area contributed by atoms with Crippen molar-refractivity contribution in [3.05, 3.63) is 69.8 Å². The fourth-order valence-corrected chi connectivity index (χ4v) is 5.07. The quantitative estimate of drug-likeness (QED) is 0.395. The van der Waals surface area contributed by atoms with Crippen LogP contribution in [0.4, 0.5) is 0 Å². The van der Waals surface area contributed by atoms with Crippen LogP contribution in [0.25, 0.3) is 0 Å². The summed E-state index contributed by atoms with van der Waals surface area (Å²) in [6.07, 6.45) is -0.369. The predicted molar refractivity (Wildman–Crippen MR) is 149 cm³/mol. The van der Waals surface area contributed by atoms with Crippen molar-refractivity contribution in [2.45, 2.75) is 111 Å². The van der Waals surface area contributed by atoms with Gasteiger partial charge >= 0.3 is 0 Å². The van der Waals surface area contributed by atoms with E-state index in [2.05, 4.69) is 135 Å². The van der Waals surface area contributed by atoms with Crippen molar-refractivity contribution in [3.8, 4) is 0 Å². The smallest absolute Gasteiger partial charge is 0.245 e. The molecule has 0 spiro atoms. The zero-order chi connectivity index (χ0) is 25.6. The van der Waals surface area contributed by atoms with Crippen LogP contribution in [0.3, 0.4) is 0 Å². The maximum Gasteiger partial charge on any atom is 0.245 e. The maximum absolute atomic E-state index is 10.4. The van der Waals surface area contributed by atoms with Crippen LogP contribution in [0.2, 0.25) is 0 Å². The highest BCUT2D eigenvalue weighted by molar-refractivity contribution is 9.38. The molecule has 2 rings (SSSR count). The molecular weight excluding hydrogens is 491 g/mol. The number of hydrogen-bond acceptors (Lipinski definition) is 2. The van der Waals surface area contributed by atoms with Crippen LogP contribution < -0.4 is 0 Å². The lowest BCUT2D eigenvalue weighted by atomic mass is 9.74. The summed E-state index contributed by atoms with van der Waals surface area (Å²) in [5, 5.41) is 0. The summed E-state index contributed by atoms with van der Waals surface area (Å²) in [7, 11) is -1.73. The Morgan fingerprint density at radius 1 is 0.636 bits per heavy atom. The van der Waals surface area contributed by atoms with Crippen molar-refractivity contribution in [1.29, 1.82) is 0 Å². The topological polar surface area (TPSA) is 29.5 Å². The average Bonchev–Trinajstić information content (AvgIpc) is 2.62. The lowest BCUT2D eigenvalue weighted by Gasteiger charge is -2.34. The summed E-state index contributed by atoms with van der Waals surface area (Å²) in [5.74, 6) is 0. The van der Waals surface area contributed by atoms with Crippen LogP contribution in [0, 0.1) is 0 Å². The van der Waals surface area contributed by atoms with E-state index in [0.717, 1.165) is 11.1 Å². The fourth-order valence-electron chi connectivity index (χ4n) is 4.17. The largest absolute Gasteiger partial charge is 0.342 e. The molecule has 1 atom stereocenters. The molecule has 0 radical (unpaired) electrons. The average molecular weight is 536 g/mol. The van der Waals surface area contributed by atoms with Gasteiger partial charge in [0.2, 0.25) is 7.08 Å². The summed E-state index contributed by atoms with van der Waals surface area (Å²) in [5.41, 5.74) is 7.31. The minimum atomic E-state index is -1.73. The minimum absolute atomic E-state index is 0.0544. The standard InChI is InChI=1S/C29H44BrO2P/c1-26(2,3)19-13-15-21(23(17-19)28(7,8)9)25(32-33(30)31)22-16-14-20(27(4,5)6)18-24(22)29(10,11)12/h13-18,25,31H,1-12H3. The molecule has 0 fully saturated rings. The Hall–Kier alpha value is -0.730. The maximum atomic E-state index is 10.4. The molecule has 0 saturated heterocycles. The fraction of sp³-hybridized carbons (Fsp3) is 0.586. The van der Waals surface area contributed by atoms with Gasteiger partial charge in [-0.05, 0) is 55.0 Å². The van der Waals surface area contributed by atoms with Gasteiger partial charge < -0.3 is 9.42 Å². The zero-order valence-electron chi connectivity index (χ0n) is 22.7. The highest BCUT2D eigenvalue weighted by Gasteiger charge is 2.32. The van der Waals surface area contributed by atoms with Crippen molar-refractivity contribution < 1.29 is 9.42 Å². The van der Waals surface area contributed by atoms with Crippen LogP contribution in [-0.4, -0.2) is 4.89 Å². The van der Waals surface area contributed by atoms with Gasteiger partial charge in [0.15, 0.2) is 0 Å². The molecule has 2 aromatic rings. The molecule has 33 heavy (non-hydrogen) atoms. The SMILES string of the molecule is CC(C)(C)c1ccc(C(OP(O)Br)c2ccc(C(C)(C)C)cc2C(C)(C)C)c(C(C)(C)C)c1. The number of hydrogen-bond donors (Lipinski definition) is 1. The minimum Gasteiger partial charge on any atom is -0.342 e. The molecule has 0 aliphatic heterocycles. The first kappa shape index (κ1) is 28.5. The van der Waals surface area contributed by atoms with E-state index in [1.807, 2.05) is 0 Å². The van der Waals surface area contributed by atoms with Crippen LogP contribution >= 0.6 is 22.6 Å². The van der Waals surface area contributed by atoms with Gasteiger partial charge in [0, 0.05) is 15.5 Å². The highest BCUT2D eigenvalue weighted by atomic mass is 79.9. The molecule has 0 heterocycles. The Morgan fingerprint density at radius 2 is 0.970 bits per heavy atom. The highest BCUT2D eigenvalue weighted by Crippen LogP contribution is 2.50. The third kappa shape index (κ3) is 7.14. The van der Waals surface area contributed by atoms with E-state index in [1.165, 1.54) is 22.3 Å². The lowest BCUT2D eigenvalue weighted by molar-refractivity contribution is 0.249. The third-order valence-electron chi connectivity index (χ3n) is 6.21. The molecule has 184 valence electrons. The van der Waals surface area contributed by atoms with Gasteiger partial charge in [0.1, 0.15) is 6.10 Å². The second kappa shape index (κ2) is 9.73. The summed E-state index contributed by atoms with van der Waals surface area (Å²) in [6.45, 7) is 27.0. The van der Waals surface area contributed by atoms with E-state index in [0.29, 0.717) is 0 Å². The molecular formula is C29H44BrO2P. The summed E-state index contributed by atoms with van der Waals surface area (Å²) in [4.78, 5) is 10.4. The molecule has 0 bridgehead atoms. The Kier molecular flexibility index (Phi) is 8.40. The lowest BCUT2D eigenvalue weighted by Crippen LogP contribution is -2.23. The van der Waals surface area contributed by atoms with E-state index in [-0.39, 0.29) is 27.8 Å². The number of halogens is 1. The van der Waals surface area contributed by atoms with Crippen LogP contribution in [0.5, 0.6) is 0 Å². The number of rotatable bonds is 4. The van der Waals surface area contributed by atoms with E-state index in [9.17, 15) is 4.89 Å². The van der Waals surface area contributed by atoms with E-state index in [4.69, 9.17) is 4.52 Å². The summed E-state index contributed by atoms with van der Waals surface area (Å²) in [6, 6.07) is 13.5. The molecule has 0 aromatic heterocycles. The van der Waals surface area contributed by atoms with E-state index in [1.54, 1.807) is 0 Å². The molecule has 2 aromatic carbocycles. The molecule has 0 aliphatic rings. The molecule has 4 heteroatoms. The van der Waals surface area contributed by atoms with Gasteiger partial charge in [0.05, 0.1) is 0 Å². The van der Waals surface area contributed by atoms with Crippen molar-refractivity contribution >= 4 is 22.6 Å². The molecule has 0 saturated carbocycles. The molecule has 1 N–H and O–H groups in total. The van der Waals surface area contributed by atoms with Gasteiger partial charge in [-0.2, -0.15) is 0 Å². The van der Waals surface area contributed by atoms with Crippen molar-refractivity contribution in [3.63, 3.8) is 0 Å². The third-order valence-corrected chi connectivity index (χ3v) is 7.10. The Labute approximate surface area is 212 Å². The van der Waals surface area contributed by atoms with Crippen molar-refractivity contribution in [1.82, 2.24) is 0 Å². The predicted octanol–water partition coefficient (Wildman–Crippen LogP) is 9.60. The first-order valence-corrected chi connectivity index (χ1v) is 15.1. The Morgan fingerprint density at radius 3 is 1.21 bits per heavy atom. The van der Waals surface area contributed by atoms with Crippen LogP contribution in [-0.2, 0) is 26.2 Å². The summed E-state index contributed by atoms with van der Waals surface area (Å²) >= 11 is 3.31. The monoisotopic (exact) mass is 534 g/mol. The van der Waals surface area contributed by atoms with E-state index < -0.39 is 7.08 Å². The van der Waals surface area contributed by atoms with Gasteiger partial charge in [-0.25, -0.2) is 0 Å². The van der Waals surface area contributed by atoms with Gasteiger partial charge in [-0.3, -0.25) is 0 Å². The molecule has 1 unspecified atom stereocenters. The van der Waals surface area contributed by atoms with Crippen LogP contribution in [0.1, 0.15) is 123 Å². The second-order valence-electron chi connectivity index (χ2n) is 13.3.